The highest BCUT2D eigenvalue weighted by atomic mass is 16.5. The fourth-order valence-electron chi connectivity index (χ4n) is 3.63. The highest BCUT2D eigenvalue weighted by Gasteiger charge is 2.29. The average molecular weight is 339 g/mol. The van der Waals surface area contributed by atoms with Crippen LogP contribution in [0.2, 0.25) is 0 Å². The van der Waals surface area contributed by atoms with Crippen LogP contribution in [0.25, 0.3) is 0 Å². The number of hydrogen-bond acceptors (Lipinski definition) is 6. The summed E-state index contributed by atoms with van der Waals surface area (Å²) in [6.45, 7) is 3.08. The maximum absolute atomic E-state index is 5.46. The molecule has 132 valence electrons. The molecule has 1 saturated heterocycles. The molecule has 0 spiro atoms. The van der Waals surface area contributed by atoms with Gasteiger partial charge in [0.1, 0.15) is 17.4 Å². The molecule has 0 aromatic carbocycles. The third-order valence-electron chi connectivity index (χ3n) is 5.50. The Morgan fingerprint density at radius 2 is 1.88 bits per heavy atom. The topological polar surface area (TPSA) is 67.1 Å². The molecule has 0 atom stereocenters. The lowest BCUT2D eigenvalue weighted by molar-refractivity contribution is 0.205. The summed E-state index contributed by atoms with van der Waals surface area (Å²) in [4.78, 5) is 11.6. The monoisotopic (exact) mass is 339 g/mol. The smallest absolute Gasteiger partial charge is 0.140 e. The summed E-state index contributed by atoms with van der Waals surface area (Å²) in [5.41, 5.74) is 1.08. The largest absolute Gasteiger partial charge is 0.367 e. The number of anilines is 1. The van der Waals surface area contributed by atoms with Crippen molar-refractivity contribution in [2.75, 3.05) is 18.4 Å². The highest BCUT2D eigenvalue weighted by molar-refractivity contribution is 5.35. The van der Waals surface area contributed by atoms with Crippen LogP contribution in [-0.4, -0.2) is 39.2 Å². The summed E-state index contributed by atoms with van der Waals surface area (Å²) in [6.07, 6.45) is 9.17. The van der Waals surface area contributed by atoms with E-state index in [0.29, 0.717) is 17.9 Å². The molecule has 3 fully saturated rings. The number of nitrogens with zero attached hydrogens (tertiary/aromatic N) is 4. The van der Waals surface area contributed by atoms with E-state index in [1.165, 1.54) is 25.7 Å². The fraction of sp³-hybridized carbons (Fsp3) is 0.632. The second kappa shape index (κ2) is 6.41. The normalized spacial score (nSPS) is 22.2. The summed E-state index contributed by atoms with van der Waals surface area (Å²) < 4.78 is 5.46. The van der Waals surface area contributed by atoms with E-state index in [0.717, 1.165) is 55.6 Å². The van der Waals surface area contributed by atoms with Crippen molar-refractivity contribution in [1.29, 1.82) is 0 Å². The first-order valence-corrected chi connectivity index (χ1v) is 9.61. The zero-order valence-electron chi connectivity index (χ0n) is 14.5. The van der Waals surface area contributed by atoms with Gasteiger partial charge in [-0.05, 0) is 44.6 Å². The number of likely N-dealkylation sites (tertiary alicyclic amines) is 1. The molecular weight excluding hydrogens is 314 g/mol. The zero-order valence-corrected chi connectivity index (χ0v) is 14.5. The maximum Gasteiger partial charge on any atom is 0.140 e. The van der Waals surface area contributed by atoms with Crippen LogP contribution in [0.5, 0.6) is 0 Å². The number of piperidine rings is 1. The van der Waals surface area contributed by atoms with Crippen LogP contribution in [0.3, 0.4) is 0 Å². The lowest BCUT2D eigenvalue weighted by Gasteiger charge is -2.32. The van der Waals surface area contributed by atoms with Crippen LogP contribution in [-0.2, 0) is 6.54 Å². The zero-order chi connectivity index (χ0) is 16.6. The van der Waals surface area contributed by atoms with Gasteiger partial charge >= 0.3 is 0 Å². The van der Waals surface area contributed by atoms with Gasteiger partial charge in [-0.25, -0.2) is 9.97 Å². The molecule has 2 saturated carbocycles. The van der Waals surface area contributed by atoms with Gasteiger partial charge in [0.25, 0.3) is 0 Å². The predicted molar refractivity (Wildman–Crippen MR) is 94.4 cm³/mol. The molecular formula is C19H25N5O. The summed E-state index contributed by atoms with van der Waals surface area (Å²) in [6, 6.07) is 4.65. The Labute approximate surface area is 148 Å². The molecule has 5 rings (SSSR count). The first-order chi connectivity index (χ1) is 12.3. The van der Waals surface area contributed by atoms with Crippen molar-refractivity contribution in [2.24, 2.45) is 0 Å². The molecule has 3 aliphatic rings. The van der Waals surface area contributed by atoms with Crippen LogP contribution in [0.1, 0.15) is 67.6 Å². The number of rotatable bonds is 6. The van der Waals surface area contributed by atoms with Gasteiger partial charge < -0.3 is 9.84 Å². The molecule has 1 N–H and O–H groups in total. The molecule has 1 aliphatic heterocycles. The summed E-state index contributed by atoms with van der Waals surface area (Å²) in [5, 5.41) is 7.84. The van der Waals surface area contributed by atoms with Crippen molar-refractivity contribution in [1.82, 2.24) is 20.0 Å². The van der Waals surface area contributed by atoms with Crippen molar-refractivity contribution in [3.63, 3.8) is 0 Å². The van der Waals surface area contributed by atoms with E-state index in [1.807, 2.05) is 12.3 Å². The molecule has 0 amide bonds. The van der Waals surface area contributed by atoms with E-state index in [9.17, 15) is 0 Å². The highest BCUT2D eigenvalue weighted by Crippen LogP contribution is 2.40. The maximum atomic E-state index is 5.46. The third kappa shape index (κ3) is 3.68. The van der Waals surface area contributed by atoms with Crippen LogP contribution in [0.15, 0.2) is 22.9 Å². The van der Waals surface area contributed by atoms with Crippen molar-refractivity contribution in [3.05, 3.63) is 35.6 Å². The number of nitrogens with one attached hydrogen (secondary N) is 1. The Hall–Kier alpha value is -1.95. The van der Waals surface area contributed by atoms with Crippen LogP contribution >= 0.6 is 0 Å². The molecule has 0 unspecified atom stereocenters. The Morgan fingerprint density at radius 1 is 1.08 bits per heavy atom. The summed E-state index contributed by atoms with van der Waals surface area (Å²) in [7, 11) is 0. The average Bonchev–Trinajstić information content (AvgIpc) is 3.56. The molecule has 0 bridgehead atoms. The van der Waals surface area contributed by atoms with Gasteiger partial charge in [-0.1, -0.05) is 5.16 Å². The Kier molecular flexibility index (Phi) is 3.93. The molecule has 6 heteroatoms. The first-order valence-electron chi connectivity index (χ1n) is 9.61. The van der Waals surface area contributed by atoms with Gasteiger partial charge in [0.2, 0.25) is 0 Å². The minimum Gasteiger partial charge on any atom is -0.367 e. The standard InChI is InChI=1S/C19H25N5O/c1-2-13(1)17-11-16(23-25-17)12-24-9-6-15(7-10-24)21-18-5-8-20-19(22-18)14-3-4-14/h5,8,11,13-15H,1-4,6-7,9-10,12H2,(H,20,21,22). The summed E-state index contributed by atoms with van der Waals surface area (Å²) >= 11 is 0. The summed E-state index contributed by atoms with van der Waals surface area (Å²) in [5.74, 6) is 4.33. The van der Waals surface area contributed by atoms with E-state index in [-0.39, 0.29) is 0 Å². The van der Waals surface area contributed by atoms with Crippen molar-refractivity contribution in [2.45, 2.75) is 62.9 Å². The van der Waals surface area contributed by atoms with E-state index in [4.69, 9.17) is 4.52 Å². The minimum atomic E-state index is 0.498. The van der Waals surface area contributed by atoms with Gasteiger partial charge in [-0.2, -0.15) is 0 Å². The van der Waals surface area contributed by atoms with Crippen LogP contribution < -0.4 is 5.32 Å². The number of aromatic nitrogens is 3. The lowest BCUT2D eigenvalue weighted by atomic mass is 10.0. The molecule has 3 heterocycles. The van der Waals surface area contributed by atoms with Gasteiger partial charge in [0.15, 0.2) is 0 Å². The van der Waals surface area contributed by atoms with Gasteiger partial charge in [0.05, 0.1) is 5.69 Å². The number of hydrogen-bond donors (Lipinski definition) is 1. The lowest BCUT2D eigenvalue weighted by Crippen LogP contribution is -2.38. The van der Waals surface area contributed by atoms with Gasteiger partial charge in [-0.3, -0.25) is 4.90 Å². The fourth-order valence-corrected chi connectivity index (χ4v) is 3.63. The van der Waals surface area contributed by atoms with Crippen LogP contribution in [0, 0.1) is 0 Å². The molecule has 6 nitrogen and oxygen atoms in total. The second-order valence-corrected chi connectivity index (χ2v) is 7.76. The van der Waals surface area contributed by atoms with Crippen LogP contribution in [0.4, 0.5) is 5.82 Å². The molecule has 0 radical (unpaired) electrons. The third-order valence-corrected chi connectivity index (χ3v) is 5.50. The quantitative estimate of drug-likeness (QED) is 0.871. The Bertz CT molecular complexity index is 729. The molecule has 2 aromatic rings. The van der Waals surface area contributed by atoms with Crippen molar-refractivity contribution < 1.29 is 4.52 Å². The van der Waals surface area contributed by atoms with Gasteiger partial charge in [0, 0.05) is 49.8 Å². The molecule has 2 aliphatic carbocycles. The Balaban J connectivity index is 1.12. The van der Waals surface area contributed by atoms with Crippen molar-refractivity contribution in [3.8, 4) is 0 Å². The SMILES string of the molecule is c1cc(NC2CCN(Cc3cc(C4CC4)on3)CC2)nc(C2CC2)n1. The molecule has 2 aromatic heterocycles. The van der Waals surface area contributed by atoms with E-state index < -0.39 is 0 Å². The van der Waals surface area contributed by atoms with E-state index in [1.54, 1.807) is 0 Å². The van der Waals surface area contributed by atoms with Crippen molar-refractivity contribution >= 4 is 5.82 Å². The first kappa shape index (κ1) is 15.3. The Morgan fingerprint density at radius 3 is 2.64 bits per heavy atom. The predicted octanol–water partition coefficient (Wildman–Crippen LogP) is 3.30. The molecule has 25 heavy (non-hydrogen) atoms. The van der Waals surface area contributed by atoms with E-state index >= 15 is 0 Å². The minimum absolute atomic E-state index is 0.498. The van der Waals surface area contributed by atoms with Gasteiger partial charge in [-0.15, -0.1) is 0 Å². The van der Waals surface area contributed by atoms with E-state index in [2.05, 4.69) is 31.4 Å². The second-order valence-electron chi connectivity index (χ2n) is 7.76.